The lowest BCUT2D eigenvalue weighted by Gasteiger charge is -1.77. The van der Waals surface area contributed by atoms with Crippen molar-refractivity contribution >= 4 is 22.2 Å². The van der Waals surface area contributed by atoms with E-state index >= 15 is 0 Å². The molecule has 1 aliphatic heterocycles. The van der Waals surface area contributed by atoms with Crippen molar-refractivity contribution in [2.75, 3.05) is 6.61 Å². The Kier molecular flexibility index (Phi) is 1.02. The lowest BCUT2D eigenvalue weighted by atomic mass is 10.8. The van der Waals surface area contributed by atoms with Crippen molar-refractivity contribution in [3.63, 3.8) is 0 Å². The molecule has 7 heavy (non-hydrogen) atoms. The highest BCUT2D eigenvalue weighted by Crippen LogP contribution is 2.13. The maximum absolute atomic E-state index is 10.1. The molecule has 0 amide bonds. The maximum Gasteiger partial charge on any atom is 0.375 e. The van der Waals surface area contributed by atoms with Crippen molar-refractivity contribution in [2.24, 2.45) is 0 Å². The molecule has 0 aliphatic carbocycles. The number of hydrogen-bond donors (Lipinski definition) is 0. The second kappa shape index (κ2) is 1.54. The quantitative estimate of drug-likeness (QED) is 0.432. The summed E-state index contributed by atoms with van der Waals surface area (Å²) in [5.41, 5.74) is 0. The molecular weight excluding hydrogens is 116 g/mol. The van der Waals surface area contributed by atoms with Crippen molar-refractivity contribution in [3.8, 4) is 0 Å². The Balaban J connectivity index is 2.55. The number of thioether (sulfide) groups is 1. The molecule has 0 atom stereocenters. The van der Waals surface area contributed by atoms with E-state index in [9.17, 15) is 9.59 Å². The summed E-state index contributed by atoms with van der Waals surface area (Å²) in [4.78, 5) is 20.0. The fraction of sp³-hybridized carbons (Fsp3) is 0.333. The van der Waals surface area contributed by atoms with Crippen molar-refractivity contribution in [1.82, 2.24) is 0 Å². The lowest BCUT2D eigenvalue weighted by molar-refractivity contribution is -0.112. The van der Waals surface area contributed by atoms with Gasteiger partial charge in [-0.1, -0.05) is 0 Å². The van der Waals surface area contributed by atoms with Gasteiger partial charge < -0.3 is 4.74 Å². The molecule has 0 N–H and O–H groups in total. The fourth-order valence-corrected chi connectivity index (χ4v) is 0.691. The molecule has 0 radical (unpaired) electrons. The van der Waals surface area contributed by atoms with Gasteiger partial charge in [0.15, 0.2) is 6.61 Å². The smallest absolute Gasteiger partial charge is 0.375 e. The Morgan fingerprint density at radius 2 is 2.29 bits per heavy atom. The fourth-order valence-electron chi connectivity index (χ4n) is 0.270. The summed E-state index contributed by atoms with van der Waals surface area (Å²) in [5.74, 6) is 0. The van der Waals surface area contributed by atoms with Crippen LogP contribution in [-0.2, 0) is 9.53 Å². The molecule has 0 bridgehead atoms. The number of hydrogen-bond acceptors (Lipinski definition) is 4. The molecule has 1 saturated heterocycles. The first kappa shape index (κ1) is 4.64. The van der Waals surface area contributed by atoms with Crippen molar-refractivity contribution in [2.45, 2.75) is 0 Å². The molecule has 1 aliphatic rings. The average molecular weight is 118 g/mol. The van der Waals surface area contributed by atoms with E-state index in [0.717, 1.165) is 0 Å². The summed E-state index contributed by atoms with van der Waals surface area (Å²) in [7, 11) is 0. The van der Waals surface area contributed by atoms with E-state index in [2.05, 4.69) is 4.74 Å². The number of carbonyl (C=O) groups is 2. The second-order valence-corrected chi connectivity index (χ2v) is 2.01. The monoisotopic (exact) mass is 118 g/mol. The van der Waals surface area contributed by atoms with Gasteiger partial charge >= 0.3 is 5.30 Å². The van der Waals surface area contributed by atoms with E-state index in [1.165, 1.54) is 0 Å². The molecule has 0 aromatic rings. The first-order chi connectivity index (χ1) is 3.29. The van der Waals surface area contributed by atoms with E-state index < -0.39 is 5.30 Å². The average Bonchev–Trinajstić information content (AvgIpc) is 1.87. The van der Waals surface area contributed by atoms with E-state index in [-0.39, 0.29) is 11.7 Å². The molecule has 0 spiro atoms. The minimum Gasteiger partial charge on any atom is -0.448 e. The minimum atomic E-state index is -0.481. The topological polar surface area (TPSA) is 43.4 Å². The molecule has 0 aromatic carbocycles. The van der Waals surface area contributed by atoms with Crippen molar-refractivity contribution in [3.05, 3.63) is 0 Å². The van der Waals surface area contributed by atoms with Crippen LogP contribution < -0.4 is 0 Å². The van der Waals surface area contributed by atoms with Crippen molar-refractivity contribution in [1.29, 1.82) is 0 Å². The zero-order chi connectivity index (χ0) is 5.28. The van der Waals surface area contributed by atoms with E-state index in [0.29, 0.717) is 11.8 Å². The predicted molar refractivity (Wildman–Crippen MR) is 23.9 cm³/mol. The molecule has 0 saturated carbocycles. The van der Waals surface area contributed by atoms with Crippen LogP contribution in [0, 0.1) is 0 Å². The van der Waals surface area contributed by atoms with Crippen LogP contribution in [0.25, 0.3) is 0 Å². The summed E-state index contributed by atoms with van der Waals surface area (Å²) in [5, 5.41) is -0.685. The predicted octanol–water partition coefficient (Wildman–Crippen LogP) is 0.396. The standard InChI is InChI=1S/C3H2O3S/c4-2-1-6-3(5)7-2/h1H2. The molecule has 0 aromatic heterocycles. The van der Waals surface area contributed by atoms with Gasteiger partial charge in [0.2, 0.25) is 5.12 Å². The summed E-state index contributed by atoms with van der Waals surface area (Å²) in [6.07, 6.45) is 0. The van der Waals surface area contributed by atoms with Gasteiger partial charge in [-0.05, 0) is 0 Å². The second-order valence-electron chi connectivity index (χ2n) is 1.01. The minimum absolute atomic E-state index is 0.0521. The molecular formula is C3H2O3S. The van der Waals surface area contributed by atoms with E-state index in [1.54, 1.807) is 0 Å². The zero-order valence-electron chi connectivity index (χ0n) is 3.34. The Morgan fingerprint density at radius 1 is 1.57 bits per heavy atom. The first-order valence-electron chi connectivity index (χ1n) is 1.66. The molecule has 1 heterocycles. The largest absolute Gasteiger partial charge is 0.448 e. The number of ether oxygens (including phenoxy) is 1. The van der Waals surface area contributed by atoms with Crippen LogP contribution in [0.1, 0.15) is 0 Å². The number of carbonyl (C=O) groups excluding carboxylic acids is 2. The highest BCUT2D eigenvalue weighted by Gasteiger charge is 2.20. The Hall–Kier alpha value is -0.510. The molecule has 0 unspecified atom stereocenters. The molecule has 4 heteroatoms. The third-order valence-corrected chi connectivity index (χ3v) is 1.14. The van der Waals surface area contributed by atoms with Crippen molar-refractivity contribution < 1.29 is 14.3 Å². The Morgan fingerprint density at radius 3 is 2.43 bits per heavy atom. The molecule has 38 valence electrons. The summed E-state index contributed by atoms with van der Waals surface area (Å²) >= 11 is 0.620. The van der Waals surface area contributed by atoms with Crippen LogP contribution >= 0.6 is 11.8 Å². The van der Waals surface area contributed by atoms with Crippen LogP contribution in [0.4, 0.5) is 4.79 Å². The SMILES string of the molecule is O=C1COC(=O)S1. The van der Waals surface area contributed by atoms with Gasteiger partial charge in [-0.15, -0.1) is 0 Å². The highest BCUT2D eigenvalue weighted by atomic mass is 32.2. The van der Waals surface area contributed by atoms with Crippen LogP contribution in [0.5, 0.6) is 0 Å². The normalized spacial score (nSPS) is 20.0. The number of cyclic esters (lactones) is 1. The lowest BCUT2D eigenvalue weighted by Crippen LogP contribution is -1.89. The summed E-state index contributed by atoms with van der Waals surface area (Å²) in [6, 6.07) is 0. The van der Waals surface area contributed by atoms with E-state index in [1.807, 2.05) is 0 Å². The Bertz CT molecular complexity index is 105. The number of rotatable bonds is 0. The van der Waals surface area contributed by atoms with E-state index in [4.69, 9.17) is 0 Å². The maximum atomic E-state index is 10.1. The van der Waals surface area contributed by atoms with Crippen LogP contribution in [0.2, 0.25) is 0 Å². The highest BCUT2D eigenvalue weighted by molar-refractivity contribution is 8.26. The first-order valence-corrected chi connectivity index (χ1v) is 2.48. The van der Waals surface area contributed by atoms with Gasteiger partial charge in [0.25, 0.3) is 0 Å². The molecule has 3 nitrogen and oxygen atoms in total. The third kappa shape index (κ3) is 0.928. The summed E-state index contributed by atoms with van der Waals surface area (Å²) in [6.45, 7) is -0.0521. The molecule has 1 fully saturated rings. The zero-order valence-corrected chi connectivity index (χ0v) is 4.16. The van der Waals surface area contributed by atoms with Gasteiger partial charge in [-0.2, -0.15) is 0 Å². The van der Waals surface area contributed by atoms with Gasteiger partial charge in [0.1, 0.15) is 0 Å². The molecule has 1 rings (SSSR count). The third-order valence-electron chi connectivity index (χ3n) is 0.505. The van der Waals surface area contributed by atoms with Gasteiger partial charge in [0.05, 0.1) is 0 Å². The van der Waals surface area contributed by atoms with Gasteiger partial charge in [0, 0.05) is 11.8 Å². The van der Waals surface area contributed by atoms with Crippen LogP contribution in [0.15, 0.2) is 0 Å². The Labute approximate surface area is 44.0 Å². The van der Waals surface area contributed by atoms with Gasteiger partial charge in [-0.3, -0.25) is 4.79 Å². The van der Waals surface area contributed by atoms with Crippen LogP contribution in [0.3, 0.4) is 0 Å². The summed E-state index contributed by atoms with van der Waals surface area (Å²) < 4.78 is 4.24. The van der Waals surface area contributed by atoms with Crippen LogP contribution in [-0.4, -0.2) is 17.0 Å². The van der Waals surface area contributed by atoms with Gasteiger partial charge in [-0.25, -0.2) is 4.79 Å².